The first-order valence-electron chi connectivity index (χ1n) is 9.34. The fraction of sp³-hybridized carbons (Fsp3) is 0.882. The van der Waals surface area contributed by atoms with E-state index in [9.17, 15) is 9.59 Å². The molecule has 1 heterocycles. The zero-order valence-corrected chi connectivity index (χ0v) is 16.1. The van der Waals surface area contributed by atoms with Gasteiger partial charge in [0, 0.05) is 13.1 Å². The quantitative estimate of drug-likeness (QED) is 0.458. The molecular formula is C17H35N3O6+2. The number of hydrogen-bond acceptors (Lipinski definition) is 5. The number of carboxylic acid groups (broad SMARTS) is 1. The lowest BCUT2D eigenvalue weighted by Crippen LogP contribution is -3.13. The average Bonchev–Trinajstić information content (AvgIpc) is 2.58. The Morgan fingerprint density at radius 1 is 0.962 bits per heavy atom. The number of quaternary nitrogens is 2. The fourth-order valence-electron chi connectivity index (χ4n) is 2.64. The molecule has 1 rings (SSSR count). The summed E-state index contributed by atoms with van der Waals surface area (Å²) in [5.41, 5.74) is 0. The minimum absolute atomic E-state index is 0.0893. The summed E-state index contributed by atoms with van der Waals surface area (Å²) >= 11 is 0. The topological polar surface area (TPSA) is 94.2 Å². The first-order chi connectivity index (χ1) is 12.5. The molecule has 0 aromatic rings. The van der Waals surface area contributed by atoms with Crippen LogP contribution in [0.4, 0.5) is 0 Å². The number of aliphatic carboxylic acids is 1. The first-order valence-corrected chi connectivity index (χ1v) is 9.34. The van der Waals surface area contributed by atoms with Gasteiger partial charge in [0.05, 0.1) is 66.7 Å². The number of ether oxygens (including phenoxy) is 3. The van der Waals surface area contributed by atoms with Crippen LogP contribution in [0.5, 0.6) is 0 Å². The lowest BCUT2D eigenvalue weighted by atomic mass is 10.3. The van der Waals surface area contributed by atoms with Gasteiger partial charge in [0.25, 0.3) is 5.91 Å². The second-order valence-electron chi connectivity index (χ2n) is 6.75. The Balaban J connectivity index is 2.49. The molecular weight excluding hydrogens is 342 g/mol. The van der Waals surface area contributed by atoms with E-state index in [-0.39, 0.29) is 12.3 Å². The van der Waals surface area contributed by atoms with Crippen molar-refractivity contribution in [2.75, 3.05) is 93.0 Å². The van der Waals surface area contributed by atoms with E-state index in [1.54, 1.807) is 4.90 Å². The molecule has 0 aromatic carbocycles. The highest BCUT2D eigenvalue weighted by molar-refractivity contribution is 5.77. The van der Waals surface area contributed by atoms with Gasteiger partial charge in [-0.3, -0.25) is 9.59 Å². The molecule has 1 fully saturated rings. The zero-order valence-electron chi connectivity index (χ0n) is 16.1. The number of carbonyl (C=O) groups excluding carboxylic acids is 1. The van der Waals surface area contributed by atoms with Gasteiger partial charge in [-0.2, -0.15) is 0 Å². The minimum atomic E-state index is -0.791. The van der Waals surface area contributed by atoms with Gasteiger partial charge in [-0.05, 0) is 0 Å². The highest BCUT2D eigenvalue weighted by Crippen LogP contribution is 1.92. The van der Waals surface area contributed by atoms with E-state index >= 15 is 0 Å². The van der Waals surface area contributed by atoms with Crippen LogP contribution in [-0.4, -0.2) is 115 Å². The number of nitrogens with zero attached hydrogens (tertiary/aromatic N) is 1. The zero-order chi connectivity index (χ0) is 19.2. The number of amides is 1. The number of carbonyl (C=O) groups is 2. The van der Waals surface area contributed by atoms with Gasteiger partial charge in [0.1, 0.15) is 13.1 Å². The molecule has 1 saturated heterocycles. The molecule has 1 aliphatic heterocycles. The maximum absolute atomic E-state index is 12.3. The molecule has 1 amide bonds. The van der Waals surface area contributed by atoms with Gasteiger partial charge >= 0.3 is 5.97 Å². The van der Waals surface area contributed by atoms with Crippen molar-refractivity contribution in [3.05, 3.63) is 0 Å². The summed E-state index contributed by atoms with van der Waals surface area (Å²) in [6, 6.07) is 0. The second-order valence-corrected chi connectivity index (χ2v) is 6.75. The number of rotatable bonds is 5. The lowest BCUT2D eigenvalue weighted by Gasteiger charge is -2.23. The van der Waals surface area contributed by atoms with Crippen molar-refractivity contribution in [2.24, 2.45) is 0 Å². The summed E-state index contributed by atoms with van der Waals surface area (Å²) in [5.74, 6) is -0.702. The van der Waals surface area contributed by atoms with E-state index in [1.165, 1.54) is 0 Å². The maximum Gasteiger partial charge on any atom is 0.309 e. The Bertz CT molecular complexity index is 408. The number of nitrogens with one attached hydrogen (secondary N) is 2. The van der Waals surface area contributed by atoms with Gasteiger partial charge in [-0.1, -0.05) is 0 Å². The molecule has 0 bridgehead atoms. The molecule has 0 spiro atoms. The van der Waals surface area contributed by atoms with Crippen LogP contribution in [0.1, 0.15) is 6.42 Å². The smallest absolute Gasteiger partial charge is 0.309 e. The van der Waals surface area contributed by atoms with Crippen molar-refractivity contribution in [3.63, 3.8) is 0 Å². The molecule has 9 heteroatoms. The molecule has 0 radical (unpaired) electrons. The molecule has 0 aromatic heterocycles. The normalized spacial score (nSPS) is 21.8. The summed E-state index contributed by atoms with van der Waals surface area (Å²) in [6.07, 6.45) is 0.133. The van der Waals surface area contributed by atoms with Crippen LogP contribution in [0.2, 0.25) is 0 Å². The van der Waals surface area contributed by atoms with E-state index in [1.807, 2.05) is 14.1 Å². The van der Waals surface area contributed by atoms with Crippen molar-refractivity contribution in [2.45, 2.75) is 6.42 Å². The van der Waals surface area contributed by atoms with Crippen LogP contribution < -0.4 is 9.80 Å². The largest absolute Gasteiger partial charge is 0.481 e. The highest BCUT2D eigenvalue weighted by Gasteiger charge is 2.17. The van der Waals surface area contributed by atoms with Gasteiger partial charge in [0.15, 0.2) is 6.54 Å². The first kappa shape index (κ1) is 22.8. The van der Waals surface area contributed by atoms with Crippen molar-refractivity contribution < 1.29 is 38.7 Å². The van der Waals surface area contributed by atoms with Crippen LogP contribution >= 0.6 is 0 Å². The molecule has 1 unspecified atom stereocenters. The summed E-state index contributed by atoms with van der Waals surface area (Å²) in [6.45, 7) is 6.58. The van der Waals surface area contributed by atoms with Gasteiger partial charge in [-0.25, -0.2) is 0 Å². The predicted molar refractivity (Wildman–Crippen MR) is 94.5 cm³/mol. The monoisotopic (exact) mass is 377 g/mol. The minimum Gasteiger partial charge on any atom is -0.481 e. The standard InChI is InChI=1S/C17H33N3O6/c1-18(2)15-16(21)20-7-11-24-9-5-19(4-3-17(22)23)6-10-25-13-14-26-12-8-20/h3-15H2,1-2H3,(H,22,23)/p+2. The molecule has 1 aliphatic rings. The van der Waals surface area contributed by atoms with Crippen molar-refractivity contribution in [1.82, 2.24) is 4.90 Å². The molecule has 1 atom stereocenters. The molecule has 0 saturated carbocycles. The Kier molecular flexibility index (Phi) is 12.2. The van der Waals surface area contributed by atoms with Crippen molar-refractivity contribution >= 4 is 11.9 Å². The lowest BCUT2D eigenvalue weighted by molar-refractivity contribution is -0.900. The Morgan fingerprint density at radius 3 is 2.04 bits per heavy atom. The van der Waals surface area contributed by atoms with E-state index in [0.29, 0.717) is 65.8 Å². The Hall–Kier alpha value is -1.26. The molecule has 0 aliphatic carbocycles. The Morgan fingerprint density at radius 2 is 1.50 bits per heavy atom. The average molecular weight is 377 g/mol. The third kappa shape index (κ3) is 11.4. The third-order valence-electron chi connectivity index (χ3n) is 4.13. The fourth-order valence-corrected chi connectivity index (χ4v) is 2.64. The Labute approximate surface area is 155 Å². The third-order valence-corrected chi connectivity index (χ3v) is 4.13. The van der Waals surface area contributed by atoms with E-state index in [0.717, 1.165) is 22.9 Å². The van der Waals surface area contributed by atoms with Crippen LogP contribution in [-0.2, 0) is 23.8 Å². The summed E-state index contributed by atoms with van der Waals surface area (Å²) in [7, 11) is 3.90. The summed E-state index contributed by atoms with van der Waals surface area (Å²) in [4.78, 5) is 27.1. The van der Waals surface area contributed by atoms with Crippen LogP contribution in [0.15, 0.2) is 0 Å². The van der Waals surface area contributed by atoms with Crippen molar-refractivity contribution in [1.29, 1.82) is 0 Å². The van der Waals surface area contributed by atoms with Crippen LogP contribution in [0, 0.1) is 0 Å². The second kappa shape index (κ2) is 13.9. The highest BCUT2D eigenvalue weighted by atomic mass is 16.5. The summed E-state index contributed by atoms with van der Waals surface area (Å²) in [5, 5.41) is 8.86. The number of carboxylic acids is 1. The molecule has 9 nitrogen and oxygen atoms in total. The van der Waals surface area contributed by atoms with E-state index in [4.69, 9.17) is 19.3 Å². The van der Waals surface area contributed by atoms with Crippen molar-refractivity contribution in [3.8, 4) is 0 Å². The molecule has 26 heavy (non-hydrogen) atoms. The van der Waals surface area contributed by atoms with Gasteiger partial charge < -0.3 is 34.0 Å². The molecule has 3 N–H and O–H groups in total. The number of hydrogen-bond donors (Lipinski definition) is 3. The van der Waals surface area contributed by atoms with Crippen LogP contribution in [0.3, 0.4) is 0 Å². The number of likely N-dealkylation sites (N-methyl/N-ethyl adjacent to an activating group) is 1. The van der Waals surface area contributed by atoms with Gasteiger partial charge in [0.2, 0.25) is 0 Å². The van der Waals surface area contributed by atoms with E-state index in [2.05, 4.69) is 0 Å². The summed E-state index contributed by atoms with van der Waals surface area (Å²) < 4.78 is 16.8. The molecule has 152 valence electrons. The van der Waals surface area contributed by atoms with Crippen LogP contribution in [0.25, 0.3) is 0 Å². The maximum atomic E-state index is 12.3. The predicted octanol–water partition coefficient (Wildman–Crippen LogP) is -3.62. The van der Waals surface area contributed by atoms with Gasteiger partial charge in [-0.15, -0.1) is 0 Å². The SMILES string of the molecule is C[NH+](C)CC(=O)N1CCOCCOCC[NH+](CCC(=O)O)CCOCC1. The van der Waals surface area contributed by atoms with E-state index < -0.39 is 5.97 Å².